The van der Waals surface area contributed by atoms with Crippen LogP contribution >= 0.6 is 0 Å². The van der Waals surface area contributed by atoms with Crippen molar-refractivity contribution in [2.75, 3.05) is 0 Å². The molecule has 2 aromatic rings. The Hall–Kier alpha value is -2.01. The van der Waals surface area contributed by atoms with Gasteiger partial charge in [0.05, 0.1) is 31.7 Å². The Morgan fingerprint density at radius 1 is 1.19 bits per heavy atom. The molecule has 0 aliphatic carbocycles. The molecule has 0 bridgehead atoms. The zero-order valence-electron chi connectivity index (χ0n) is 12.5. The van der Waals surface area contributed by atoms with Gasteiger partial charge in [-0.05, 0) is 30.2 Å². The second kappa shape index (κ2) is 7.13. The zero-order valence-corrected chi connectivity index (χ0v) is 12.5. The molecule has 2 rings (SSSR count). The van der Waals surface area contributed by atoms with Gasteiger partial charge in [-0.1, -0.05) is 20.3 Å². The molecule has 2 unspecified atom stereocenters. The molecule has 2 atom stereocenters. The standard InChI is InChI=1S/C16H22N2O3/c1-3-12(2)15(17)16(19)18(10-13-6-4-8-20-13)11-14-7-5-9-21-14/h4-9,12,15H,3,10-11,17H2,1-2H3. The molecule has 0 fully saturated rings. The molecular formula is C16H22N2O3. The van der Waals surface area contributed by atoms with Crippen LogP contribution in [0.15, 0.2) is 45.6 Å². The van der Waals surface area contributed by atoms with Crippen LogP contribution in [0.4, 0.5) is 0 Å². The predicted molar refractivity (Wildman–Crippen MR) is 79.1 cm³/mol. The van der Waals surface area contributed by atoms with Crippen molar-refractivity contribution in [3.63, 3.8) is 0 Å². The summed E-state index contributed by atoms with van der Waals surface area (Å²) in [6, 6.07) is 6.78. The van der Waals surface area contributed by atoms with E-state index in [1.54, 1.807) is 29.6 Å². The van der Waals surface area contributed by atoms with E-state index in [9.17, 15) is 4.79 Å². The van der Waals surface area contributed by atoms with E-state index in [0.29, 0.717) is 13.1 Å². The second-order valence-electron chi connectivity index (χ2n) is 5.26. The van der Waals surface area contributed by atoms with Gasteiger partial charge in [-0.25, -0.2) is 0 Å². The molecule has 0 saturated heterocycles. The lowest BCUT2D eigenvalue weighted by Gasteiger charge is -2.26. The minimum Gasteiger partial charge on any atom is -0.467 e. The quantitative estimate of drug-likeness (QED) is 0.851. The van der Waals surface area contributed by atoms with Gasteiger partial charge >= 0.3 is 0 Å². The topological polar surface area (TPSA) is 72.6 Å². The minimum absolute atomic E-state index is 0.0860. The van der Waals surface area contributed by atoms with Crippen LogP contribution < -0.4 is 5.73 Å². The van der Waals surface area contributed by atoms with Crippen LogP contribution in [0.5, 0.6) is 0 Å². The third-order valence-corrected chi connectivity index (χ3v) is 3.71. The first-order chi connectivity index (χ1) is 10.1. The number of nitrogens with two attached hydrogens (primary N) is 1. The fraction of sp³-hybridized carbons (Fsp3) is 0.438. The summed E-state index contributed by atoms with van der Waals surface area (Å²) in [6.07, 6.45) is 4.06. The van der Waals surface area contributed by atoms with Crippen LogP contribution in [0.2, 0.25) is 0 Å². The maximum atomic E-state index is 12.6. The maximum Gasteiger partial charge on any atom is 0.240 e. The van der Waals surface area contributed by atoms with Crippen LogP contribution in [-0.4, -0.2) is 16.8 Å². The summed E-state index contributed by atoms with van der Waals surface area (Å²) >= 11 is 0. The van der Waals surface area contributed by atoms with E-state index < -0.39 is 6.04 Å². The highest BCUT2D eigenvalue weighted by atomic mass is 16.3. The molecule has 5 heteroatoms. The van der Waals surface area contributed by atoms with Gasteiger partial charge in [0.25, 0.3) is 0 Å². The minimum atomic E-state index is -0.514. The molecule has 1 amide bonds. The molecule has 114 valence electrons. The summed E-state index contributed by atoms with van der Waals surface area (Å²) in [6.45, 7) is 4.79. The van der Waals surface area contributed by atoms with Gasteiger partial charge in [0.1, 0.15) is 11.5 Å². The third kappa shape index (κ3) is 3.98. The Labute approximate surface area is 124 Å². The van der Waals surface area contributed by atoms with Gasteiger partial charge in [-0.15, -0.1) is 0 Å². The summed E-state index contributed by atoms with van der Waals surface area (Å²) in [5, 5.41) is 0. The Bertz CT molecular complexity index is 498. The first-order valence-corrected chi connectivity index (χ1v) is 7.21. The fourth-order valence-electron chi connectivity index (χ4n) is 2.10. The number of carbonyl (C=O) groups is 1. The van der Waals surface area contributed by atoms with Gasteiger partial charge in [-0.2, -0.15) is 0 Å². The summed E-state index contributed by atoms with van der Waals surface area (Å²) in [7, 11) is 0. The largest absolute Gasteiger partial charge is 0.467 e. The summed E-state index contributed by atoms with van der Waals surface area (Å²) in [5.74, 6) is 1.50. The number of nitrogens with zero attached hydrogens (tertiary/aromatic N) is 1. The summed E-state index contributed by atoms with van der Waals surface area (Å²) in [5.41, 5.74) is 6.08. The van der Waals surface area contributed by atoms with E-state index in [1.807, 2.05) is 26.0 Å². The Balaban J connectivity index is 2.12. The van der Waals surface area contributed by atoms with Crippen molar-refractivity contribution in [3.05, 3.63) is 48.3 Å². The Morgan fingerprint density at radius 2 is 1.71 bits per heavy atom. The van der Waals surface area contributed by atoms with Crippen molar-refractivity contribution in [2.45, 2.75) is 39.4 Å². The van der Waals surface area contributed by atoms with Crippen molar-refractivity contribution in [1.82, 2.24) is 4.90 Å². The van der Waals surface area contributed by atoms with E-state index in [1.165, 1.54) is 0 Å². The van der Waals surface area contributed by atoms with E-state index >= 15 is 0 Å². The highest BCUT2D eigenvalue weighted by Crippen LogP contribution is 2.15. The molecule has 2 aromatic heterocycles. The van der Waals surface area contributed by atoms with Crippen molar-refractivity contribution < 1.29 is 13.6 Å². The molecule has 0 spiro atoms. The molecule has 0 aliphatic rings. The number of hydrogen-bond acceptors (Lipinski definition) is 4. The van der Waals surface area contributed by atoms with E-state index in [0.717, 1.165) is 17.9 Å². The molecule has 0 aromatic carbocycles. The molecule has 0 aliphatic heterocycles. The van der Waals surface area contributed by atoms with Crippen molar-refractivity contribution in [1.29, 1.82) is 0 Å². The highest BCUT2D eigenvalue weighted by Gasteiger charge is 2.26. The smallest absolute Gasteiger partial charge is 0.240 e. The van der Waals surface area contributed by atoms with Crippen molar-refractivity contribution >= 4 is 5.91 Å². The average molecular weight is 290 g/mol. The molecular weight excluding hydrogens is 268 g/mol. The predicted octanol–water partition coefficient (Wildman–Crippen LogP) is 2.77. The lowest BCUT2D eigenvalue weighted by Crippen LogP contribution is -2.46. The fourth-order valence-corrected chi connectivity index (χ4v) is 2.10. The number of furan rings is 2. The number of carbonyl (C=O) groups excluding carboxylic acids is 1. The SMILES string of the molecule is CCC(C)C(N)C(=O)N(Cc1ccco1)Cc1ccco1. The first-order valence-electron chi connectivity index (χ1n) is 7.21. The molecule has 5 nitrogen and oxygen atoms in total. The van der Waals surface area contributed by atoms with E-state index in [4.69, 9.17) is 14.6 Å². The van der Waals surface area contributed by atoms with E-state index in [-0.39, 0.29) is 11.8 Å². The van der Waals surface area contributed by atoms with Gasteiger partial charge in [0.2, 0.25) is 5.91 Å². The van der Waals surface area contributed by atoms with Gasteiger partial charge in [-0.3, -0.25) is 4.79 Å². The van der Waals surface area contributed by atoms with Gasteiger partial charge in [0.15, 0.2) is 0 Å². The summed E-state index contributed by atoms with van der Waals surface area (Å²) < 4.78 is 10.7. The van der Waals surface area contributed by atoms with Gasteiger partial charge in [0, 0.05) is 0 Å². The monoisotopic (exact) mass is 290 g/mol. The Kier molecular flexibility index (Phi) is 5.22. The highest BCUT2D eigenvalue weighted by molar-refractivity contribution is 5.81. The number of rotatable bonds is 7. The van der Waals surface area contributed by atoms with Crippen LogP contribution in [0, 0.1) is 5.92 Å². The van der Waals surface area contributed by atoms with Crippen LogP contribution in [0.1, 0.15) is 31.8 Å². The van der Waals surface area contributed by atoms with Crippen LogP contribution in [0.3, 0.4) is 0 Å². The van der Waals surface area contributed by atoms with Crippen LogP contribution in [-0.2, 0) is 17.9 Å². The molecule has 0 saturated carbocycles. The third-order valence-electron chi connectivity index (χ3n) is 3.71. The average Bonchev–Trinajstić information content (AvgIpc) is 3.17. The Morgan fingerprint density at radius 3 is 2.10 bits per heavy atom. The van der Waals surface area contributed by atoms with Crippen molar-refractivity contribution in [2.24, 2.45) is 11.7 Å². The van der Waals surface area contributed by atoms with E-state index in [2.05, 4.69) is 0 Å². The lowest BCUT2D eigenvalue weighted by molar-refractivity contribution is -0.135. The first kappa shape index (κ1) is 15.4. The van der Waals surface area contributed by atoms with Crippen molar-refractivity contribution in [3.8, 4) is 0 Å². The lowest BCUT2D eigenvalue weighted by atomic mass is 9.99. The second-order valence-corrected chi connectivity index (χ2v) is 5.26. The van der Waals surface area contributed by atoms with Gasteiger partial charge < -0.3 is 19.5 Å². The number of hydrogen-bond donors (Lipinski definition) is 1. The summed E-state index contributed by atoms with van der Waals surface area (Å²) in [4.78, 5) is 14.3. The molecule has 2 heterocycles. The van der Waals surface area contributed by atoms with Crippen LogP contribution in [0.25, 0.3) is 0 Å². The molecule has 2 N–H and O–H groups in total. The number of amides is 1. The molecule has 0 radical (unpaired) electrons. The maximum absolute atomic E-state index is 12.6. The normalized spacial score (nSPS) is 13.9. The zero-order chi connectivity index (χ0) is 15.2. The molecule has 21 heavy (non-hydrogen) atoms.